The Kier molecular flexibility index (Phi) is 2.10. The second-order valence-corrected chi connectivity index (χ2v) is 4.59. The molecule has 0 N–H and O–H groups in total. The van der Waals surface area contributed by atoms with Gasteiger partial charge in [0.25, 0.3) is 0 Å². The van der Waals surface area contributed by atoms with Crippen molar-refractivity contribution in [3.8, 4) is 0 Å². The fourth-order valence-corrected chi connectivity index (χ4v) is 2.56. The van der Waals surface area contributed by atoms with Crippen LogP contribution < -0.4 is 0 Å². The topological polar surface area (TPSA) is 9.23 Å². The van der Waals surface area contributed by atoms with E-state index in [0.29, 0.717) is 12.7 Å². The lowest BCUT2D eigenvalue weighted by Gasteiger charge is -2.50. The van der Waals surface area contributed by atoms with E-state index in [1.165, 1.54) is 0 Å². The van der Waals surface area contributed by atoms with Gasteiger partial charge in [0.1, 0.15) is 0 Å². The zero-order valence-electron chi connectivity index (χ0n) is 7.98. The average Bonchev–Trinajstić information content (AvgIpc) is 2.02. The van der Waals surface area contributed by atoms with Gasteiger partial charge in [-0.25, -0.2) is 8.78 Å². The monoisotopic (exact) mass is 190 g/mol. The Morgan fingerprint density at radius 1 is 1.38 bits per heavy atom. The van der Waals surface area contributed by atoms with E-state index in [0.717, 1.165) is 19.3 Å². The van der Waals surface area contributed by atoms with E-state index in [9.17, 15) is 8.78 Å². The predicted molar refractivity (Wildman–Crippen MR) is 45.9 cm³/mol. The zero-order chi connectivity index (χ0) is 9.53. The van der Waals surface area contributed by atoms with E-state index in [1.807, 2.05) is 0 Å². The summed E-state index contributed by atoms with van der Waals surface area (Å²) in [6.45, 7) is 2.64. The van der Waals surface area contributed by atoms with Gasteiger partial charge >= 0.3 is 0 Å². The molecular formula is C10H16F2O. The Morgan fingerprint density at radius 2 is 2.08 bits per heavy atom. The van der Waals surface area contributed by atoms with Gasteiger partial charge in [-0.2, -0.15) is 0 Å². The van der Waals surface area contributed by atoms with Gasteiger partial charge in [-0.15, -0.1) is 0 Å². The summed E-state index contributed by atoms with van der Waals surface area (Å²) in [6, 6.07) is 0. The molecule has 3 heteroatoms. The third kappa shape index (κ3) is 1.71. The van der Waals surface area contributed by atoms with E-state index < -0.39 is 5.92 Å². The molecule has 0 amide bonds. The maximum atomic E-state index is 12.7. The first kappa shape index (κ1) is 9.38. The molecule has 1 aliphatic heterocycles. The van der Waals surface area contributed by atoms with Crippen molar-refractivity contribution in [3.63, 3.8) is 0 Å². The third-order valence-corrected chi connectivity index (χ3v) is 3.34. The van der Waals surface area contributed by atoms with E-state index in [2.05, 4.69) is 6.92 Å². The molecule has 2 aliphatic rings. The third-order valence-electron chi connectivity index (χ3n) is 3.34. The number of halogens is 2. The number of hydrogen-bond acceptors (Lipinski definition) is 1. The van der Waals surface area contributed by atoms with E-state index in [-0.39, 0.29) is 18.3 Å². The molecule has 76 valence electrons. The summed E-state index contributed by atoms with van der Waals surface area (Å²) >= 11 is 0. The van der Waals surface area contributed by atoms with Crippen LogP contribution in [0.3, 0.4) is 0 Å². The van der Waals surface area contributed by atoms with Gasteiger partial charge in [0.15, 0.2) is 0 Å². The van der Waals surface area contributed by atoms with Gasteiger partial charge < -0.3 is 4.74 Å². The molecule has 2 rings (SSSR count). The van der Waals surface area contributed by atoms with Gasteiger partial charge in [0.05, 0.1) is 12.7 Å². The lowest BCUT2D eigenvalue weighted by molar-refractivity contribution is -0.211. The largest absolute Gasteiger partial charge is 0.378 e. The standard InChI is InChI=1S/C10H16F2O/c1-2-8-3-4-9(7-13-8)5-10(11,12)6-9/h8H,2-7H2,1H3/t8-/m1/s1. The van der Waals surface area contributed by atoms with Crippen LogP contribution in [0.4, 0.5) is 8.78 Å². The molecule has 0 aromatic heterocycles. The summed E-state index contributed by atoms with van der Waals surface area (Å²) in [4.78, 5) is 0. The van der Waals surface area contributed by atoms with Crippen LogP contribution >= 0.6 is 0 Å². The highest BCUT2D eigenvalue weighted by Gasteiger charge is 2.57. The molecule has 0 radical (unpaired) electrons. The van der Waals surface area contributed by atoms with Crippen molar-refractivity contribution >= 4 is 0 Å². The minimum Gasteiger partial charge on any atom is -0.378 e. The van der Waals surface area contributed by atoms with Crippen LogP contribution in [0.15, 0.2) is 0 Å². The summed E-state index contributed by atoms with van der Waals surface area (Å²) in [5, 5.41) is 0. The van der Waals surface area contributed by atoms with Crippen molar-refractivity contribution in [3.05, 3.63) is 0 Å². The van der Waals surface area contributed by atoms with Crippen molar-refractivity contribution in [1.82, 2.24) is 0 Å². The highest BCUT2D eigenvalue weighted by molar-refractivity contribution is 5.00. The van der Waals surface area contributed by atoms with Crippen molar-refractivity contribution in [1.29, 1.82) is 0 Å². The van der Waals surface area contributed by atoms with Gasteiger partial charge in [0, 0.05) is 18.3 Å². The van der Waals surface area contributed by atoms with Gasteiger partial charge in [0.2, 0.25) is 5.92 Å². The number of ether oxygens (including phenoxy) is 1. The normalized spacial score (nSPS) is 35.8. The molecular weight excluding hydrogens is 174 g/mol. The first-order chi connectivity index (χ1) is 6.05. The average molecular weight is 190 g/mol. The predicted octanol–water partition coefficient (Wildman–Crippen LogP) is 2.99. The summed E-state index contributed by atoms with van der Waals surface area (Å²) in [5.74, 6) is -2.40. The minimum atomic E-state index is -2.40. The van der Waals surface area contributed by atoms with E-state index in [4.69, 9.17) is 4.74 Å². The maximum absolute atomic E-state index is 12.7. The Bertz CT molecular complexity index is 185. The number of hydrogen-bond donors (Lipinski definition) is 0. The van der Waals surface area contributed by atoms with Crippen molar-refractivity contribution in [2.45, 2.75) is 51.1 Å². The van der Waals surface area contributed by atoms with Crippen LogP contribution in [0.25, 0.3) is 0 Å². The maximum Gasteiger partial charge on any atom is 0.249 e. The van der Waals surface area contributed by atoms with Crippen LogP contribution in [0, 0.1) is 5.41 Å². The Labute approximate surface area is 77.5 Å². The molecule has 1 nitrogen and oxygen atoms in total. The van der Waals surface area contributed by atoms with E-state index in [1.54, 1.807) is 0 Å². The smallest absolute Gasteiger partial charge is 0.249 e. The minimum absolute atomic E-state index is 0.0520. The molecule has 0 bridgehead atoms. The molecule has 1 saturated carbocycles. The van der Waals surface area contributed by atoms with Gasteiger partial charge in [-0.1, -0.05) is 6.92 Å². The lowest BCUT2D eigenvalue weighted by atomic mass is 9.63. The van der Waals surface area contributed by atoms with Crippen molar-refractivity contribution in [2.24, 2.45) is 5.41 Å². The van der Waals surface area contributed by atoms with Crippen LogP contribution in [-0.4, -0.2) is 18.6 Å². The molecule has 2 fully saturated rings. The second kappa shape index (κ2) is 2.91. The van der Waals surface area contributed by atoms with Crippen LogP contribution in [0.2, 0.25) is 0 Å². The van der Waals surface area contributed by atoms with Gasteiger partial charge in [-0.3, -0.25) is 0 Å². The molecule has 1 spiro atoms. The lowest BCUT2D eigenvalue weighted by Crippen LogP contribution is -2.51. The summed E-state index contributed by atoms with van der Waals surface area (Å²) < 4.78 is 30.9. The molecule has 1 atom stereocenters. The number of rotatable bonds is 1. The van der Waals surface area contributed by atoms with Crippen LogP contribution in [0.1, 0.15) is 39.0 Å². The Balaban J connectivity index is 1.86. The molecule has 0 aromatic rings. The first-order valence-electron chi connectivity index (χ1n) is 5.05. The quantitative estimate of drug-likeness (QED) is 0.617. The molecule has 0 aromatic carbocycles. The van der Waals surface area contributed by atoms with Crippen molar-refractivity contribution < 1.29 is 13.5 Å². The molecule has 13 heavy (non-hydrogen) atoms. The first-order valence-corrected chi connectivity index (χ1v) is 5.05. The van der Waals surface area contributed by atoms with E-state index >= 15 is 0 Å². The Hall–Kier alpha value is -0.180. The van der Waals surface area contributed by atoms with Gasteiger partial charge in [-0.05, 0) is 19.3 Å². The zero-order valence-corrected chi connectivity index (χ0v) is 7.98. The Morgan fingerprint density at radius 3 is 2.46 bits per heavy atom. The summed E-state index contributed by atoms with van der Waals surface area (Å²) in [7, 11) is 0. The van der Waals surface area contributed by atoms with Crippen LogP contribution in [-0.2, 0) is 4.74 Å². The fraction of sp³-hybridized carbons (Fsp3) is 1.00. The molecule has 1 aliphatic carbocycles. The molecule has 1 heterocycles. The summed E-state index contributed by atoms with van der Waals surface area (Å²) in [6.07, 6.45) is 3.33. The SMILES string of the molecule is CC[C@@H]1CCC2(CO1)CC(F)(F)C2. The summed E-state index contributed by atoms with van der Waals surface area (Å²) in [5.41, 5.74) is -0.158. The second-order valence-electron chi connectivity index (χ2n) is 4.59. The molecule has 1 saturated heterocycles. The van der Waals surface area contributed by atoms with Crippen molar-refractivity contribution in [2.75, 3.05) is 6.61 Å². The fourth-order valence-electron chi connectivity index (χ4n) is 2.56. The highest BCUT2D eigenvalue weighted by atomic mass is 19.3. The number of alkyl halides is 2. The highest BCUT2D eigenvalue weighted by Crippen LogP contribution is 2.56. The van der Waals surface area contributed by atoms with Crippen LogP contribution in [0.5, 0.6) is 0 Å². The molecule has 0 unspecified atom stereocenters.